The zero-order valence-corrected chi connectivity index (χ0v) is 18.4. The molecule has 1 aliphatic carbocycles. The molecule has 1 amide bonds. The Morgan fingerprint density at radius 3 is 2.94 bits per heavy atom. The van der Waals surface area contributed by atoms with Crippen LogP contribution >= 0.6 is 0 Å². The van der Waals surface area contributed by atoms with Gasteiger partial charge in [-0.25, -0.2) is 4.98 Å². The van der Waals surface area contributed by atoms with E-state index in [4.69, 9.17) is 9.97 Å². The molecule has 0 unspecified atom stereocenters. The molecule has 4 heterocycles. The standard InChI is InChI=1S/C23H28N8O/c1-14(2)18-12-20(30-29-18)27-21-16-7-3-8-17(16)26-23(28-21)31-11-5-9-19(31)22(32)25-15-6-4-10-24-13-15/h4,6,10,12-14,19H,3,5,7-9,11H2,1-2H3,(H,25,32)(H2,26,27,28,29,30)/t19-/m1/s1. The molecule has 1 aliphatic heterocycles. The monoisotopic (exact) mass is 432 g/mol. The van der Waals surface area contributed by atoms with Gasteiger partial charge in [-0.1, -0.05) is 13.8 Å². The highest BCUT2D eigenvalue weighted by molar-refractivity contribution is 5.96. The molecule has 32 heavy (non-hydrogen) atoms. The average Bonchev–Trinajstić information content (AvgIpc) is 3.54. The molecule has 166 valence electrons. The van der Waals surface area contributed by atoms with Crippen LogP contribution in [0.2, 0.25) is 0 Å². The van der Waals surface area contributed by atoms with Gasteiger partial charge in [-0.05, 0) is 50.2 Å². The van der Waals surface area contributed by atoms with Gasteiger partial charge in [0.2, 0.25) is 11.9 Å². The second-order valence-corrected chi connectivity index (χ2v) is 8.72. The van der Waals surface area contributed by atoms with E-state index < -0.39 is 0 Å². The molecule has 3 aromatic rings. The molecule has 0 bridgehead atoms. The summed E-state index contributed by atoms with van der Waals surface area (Å²) in [6.07, 6.45) is 7.97. The summed E-state index contributed by atoms with van der Waals surface area (Å²) in [5, 5.41) is 13.9. The van der Waals surface area contributed by atoms with E-state index >= 15 is 0 Å². The number of carbonyl (C=O) groups is 1. The summed E-state index contributed by atoms with van der Waals surface area (Å²) in [6, 6.07) is 5.37. The molecule has 3 N–H and O–H groups in total. The van der Waals surface area contributed by atoms with E-state index in [1.54, 1.807) is 12.4 Å². The maximum absolute atomic E-state index is 13.0. The third-order valence-corrected chi connectivity index (χ3v) is 6.13. The Hall–Kier alpha value is -3.49. The van der Waals surface area contributed by atoms with Crippen molar-refractivity contribution in [2.45, 2.75) is 57.9 Å². The number of nitrogens with zero attached hydrogens (tertiary/aromatic N) is 5. The Bertz CT molecular complexity index is 1110. The van der Waals surface area contributed by atoms with E-state index in [0.29, 0.717) is 17.6 Å². The second-order valence-electron chi connectivity index (χ2n) is 8.72. The van der Waals surface area contributed by atoms with Crippen LogP contribution in [0.15, 0.2) is 30.6 Å². The highest BCUT2D eigenvalue weighted by Crippen LogP contribution is 2.33. The summed E-state index contributed by atoms with van der Waals surface area (Å²) in [6.45, 7) is 5.01. The van der Waals surface area contributed by atoms with Crippen molar-refractivity contribution in [1.29, 1.82) is 0 Å². The molecular formula is C23H28N8O. The van der Waals surface area contributed by atoms with Gasteiger partial charge in [-0.15, -0.1) is 0 Å². The highest BCUT2D eigenvalue weighted by Gasteiger charge is 2.34. The van der Waals surface area contributed by atoms with Crippen molar-refractivity contribution in [1.82, 2.24) is 25.1 Å². The predicted octanol–water partition coefficient (Wildman–Crippen LogP) is 3.56. The average molecular weight is 433 g/mol. The normalized spacial score (nSPS) is 17.6. The van der Waals surface area contributed by atoms with Crippen molar-refractivity contribution in [2.75, 3.05) is 22.1 Å². The lowest BCUT2D eigenvalue weighted by Gasteiger charge is -2.25. The van der Waals surface area contributed by atoms with Gasteiger partial charge in [0.1, 0.15) is 11.9 Å². The summed E-state index contributed by atoms with van der Waals surface area (Å²) in [7, 11) is 0. The summed E-state index contributed by atoms with van der Waals surface area (Å²) in [4.78, 5) is 28.8. The maximum atomic E-state index is 13.0. The molecule has 1 atom stereocenters. The number of aromatic amines is 1. The van der Waals surface area contributed by atoms with Crippen molar-refractivity contribution in [3.05, 3.63) is 47.5 Å². The number of rotatable bonds is 6. The SMILES string of the molecule is CC(C)c1cc(Nc2nc(N3CCC[C@@H]3C(=O)Nc3cccnc3)nc3c2CCC3)n[nH]1. The first-order chi connectivity index (χ1) is 15.6. The van der Waals surface area contributed by atoms with Crippen molar-refractivity contribution in [3.63, 3.8) is 0 Å². The fraction of sp³-hybridized carbons (Fsp3) is 0.435. The number of pyridine rings is 1. The predicted molar refractivity (Wildman–Crippen MR) is 123 cm³/mol. The molecule has 1 fully saturated rings. The van der Waals surface area contributed by atoms with E-state index in [1.165, 1.54) is 0 Å². The first kappa shape index (κ1) is 20.4. The molecule has 2 aliphatic rings. The van der Waals surface area contributed by atoms with E-state index in [-0.39, 0.29) is 11.9 Å². The third kappa shape index (κ3) is 4.02. The molecule has 0 aromatic carbocycles. The smallest absolute Gasteiger partial charge is 0.247 e. The summed E-state index contributed by atoms with van der Waals surface area (Å²) < 4.78 is 0. The van der Waals surface area contributed by atoms with Crippen molar-refractivity contribution >= 4 is 29.2 Å². The largest absolute Gasteiger partial charge is 0.329 e. The molecule has 9 heteroatoms. The van der Waals surface area contributed by atoms with E-state index in [1.807, 2.05) is 23.1 Å². The van der Waals surface area contributed by atoms with E-state index in [9.17, 15) is 4.79 Å². The fourth-order valence-electron chi connectivity index (χ4n) is 4.41. The number of carbonyl (C=O) groups excluding carboxylic acids is 1. The van der Waals surface area contributed by atoms with Crippen LogP contribution in [0.4, 0.5) is 23.3 Å². The topological polar surface area (TPSA) is 112 Å². The second kappa shape index (κ2) is 8.57. The van der Waals surface area contributed by atoms with Gasteiger partial charge in [0.05, 0.1) is 17.6 Å². The minimum Gasteiger partial charge on any atom is -0.329 e. The van der Waals surface area contributed by atoms with Crippen LogP contribution in [0.1, 0.15) is 56.0 Å². The number of aryl methyl sites for hydroxylation is 1. The maximum Gasteiger partial charge on any atom is 0.247 e. The van der Waals surface area contributed by atoms with Crippen LogP contribution < -0.4 is 15.5 Å². The van der Waals surface area contributed by atoms with Crippen LogP contribution in [0.3, 0.4) is 0 Å². The Balaban J connectivity index is 1.41. The number of hydrogen-bond donors (Lipinski definition) is 3. The van der Waals surface area contributed by atoms with E-state index in [0.717, 1.165) is 67.2 Å². The summed E-state index contributed by atoms with van der Waals surface area (Å²) in [5.74, 6) is 2.47. The number of amides is 1. The minimum atomic E-state index is -0.305. The highest BCUT2D eigenvalue weighted by atomic mass is 16.2. The molecule has 3 aromatic heterocycles. The molecule has 5 rings (SSSR count). The van der Waals surface area contributed by atoms with Crippen LogP contribution in [-0.2, 0) is 17.6 Å². The number of hydrogen-bond acceptors (Lipinski definition) is 7. The van der Waals surface area contributed by atoms with Gasteiger partial charge < -0.3 is 15.5 Å². The summed E-state index contributed by atoms with van der Waals surface area (Å²) >= 11 is 0. The molecule has 0 saturated carbocycles. The first-order valence-electron chi connectivity index (χ1n) is 11.3. The molecular weight excluding hydrogens is 404 g/mol. The van der Waals surface area contributed by atoms with Crippen LogP contribution in [0.5, 0.6) is 0 Å². The number of H-pyrrole nitrogens is 1. The van der Waals surface area contributed by atoms with Gasteiger partial charge in [-0.2, -0.15) is 10.1 Å². The lowest BCUT2D eigenvalue weighted by atomic mass is 10.1. The van der Waals surface area contributed by atoms with Gasteiger partial charge in [0.15, 0.2) is 5.82 Å². The zero-order valence-electron chi connectivity index (χ0n) is 18.4. The Labute approximate surface area is 187 Å². The Morgan fingerprint density at radius 1 is 1.25 bits per heavy atom. The number of anilines is 4. The van der Waals surface area contributed by atoms with Crippen molar-refractivity contribution < 1.29 is 4.79 Å². The third-order valence-electron chi connectivity index (χ3n) is 6.13. The number of aromatic nitrogens is 5. The lowest BCUT2D eigenvalue weighted by Crippen LogP contribution is -2.40. The minimum absolute atomic E-state index is 0.0528. The van der Waals surface area contributed by atoms with Gasteiger partial charge >= 0.3 is 0 Å². The first-order valence-corrected chi connectivity index (χ1v) is 11.3. The van der Waals surface area contributed by atoms with Gasteiger partial charge in [0, 0.05) is 30.1 Å². The van der Waals surface area contributed by atoms with Crippen LogP contribution in [0.25, 0.3) is 0 Å². The van der Waals surface area contributed by atoms with Crippen LogP contribution in [0, 0.1) is 0 Å². The Morgan fingerprint density at radius 2 is 2.16 bits per heavy atom. The van der Waals surface area contributed by atoms with Crippen LogP contribution in [-0.4, -0.2) is 43.6 Å². The zero-order chi connectivity index (χ0) is 22.1. The molecule has 0 radical (unpaired) electrons. The van der Waals surface area contributed by atoms with Crippen molar-refractivity contribution in [2.24, 2.45) is 0 Å². The number of fused-ring (bicyclic) bond motifs is 1. The fourth-order valence-corrected chi connectivity index (χ4v) is 4.41. The van der Waals surface area contributed by atoms with Crippen molar-refractivity contribution in [3.8, 4) is 0 Å². The quantitative estimate of drug-likeness (QED) is 0.546. The van der Waals surface area contributed by atoms with Gasteiger partial charge in [0.25, 0.3) is 0 Å². The Kier molecular flexibility index (Phi) is 5.46. The lowest BCUT2D eigenvalue weighted by molar-refractivity contribution is -0.117. The van der Waals surface area contributed by atoms with E-state index in [2.05, 4.69) is 39.7 Å². The molecule has 1 saturated heterocycles. The van der Waals surface area contributed by atoms with Gasteiger partial charge in [-0.3, -0.25) is 14.9 Å². The molecule has 9 nitrogen and oxygen atoms in total. The summed E-state index contributed by atoms with van der Waals surface area (Å²) in [5.41, 5.74) is 3.99. The number of nitrogens with one attached hydrogen (secondary N) is 3. The molecule has 0 spiro atoms.